The molecule has 1 aliphatic heterocycles. The molecule has 1 saturated heterocycles. The van der Waals surface area contributed by atoms with E-state index in [9.17, 15) is 4.79 Å². The van der Waals surface area contributed by atoms with E-state index in [4.69, 9.17) is 21.7 Å². The lowest BCUT2D eigenvalue weighted by Gasteiger charge is -2.14. The van der Waals surface area contributed by atoms with Crippen LogP contribution in [0.1, 0.15) is 19.4 Å². The average molecular weight is 368 g/mol. The summed E-state index contributed by atoms with van der Waals surface area (Å²) < 4.78 is 10.9. The predicted octanol–water partition coefficient (Wildman–Crippen LogP) is 3.75. The van der Waals surface area contributed by atoms with Gasteiger partial charge in [0.15, 0.2) is 5.11 Å². The molecule has 1 aliphatic rings. The van der Waals surface area contributed by atoms with Crippen molar-refractivity contribution >= 4 is 35.0 Å². The maximum atomic E-state index is 12.8. The Balaban J connectivity index is 1.79. The molecule has 0 radical (unpaired) electrons. The normalized spacial score (nSPS) is 15.3. The molecule has 0 aromatic heterocycles. The zero-order valence-electron chi connectivity index (χ0n) is 14.7. The van der Waals surface area contributed by atoms with Gasteiger partial charge >= 0.3 is 0 Å². The summed E-state index contributed by atoms with van der Waals surface area (Å²) in [6.07, 6.45) is 1.78. The van der Waals surface area contributed by atoms with Crippen molar-refractivity contribution < 1.29 is 14.3 Å². The summed E-state index contributed by atoms with van der Waals surface area (Å²) in [5.41, 5.74) is 2.03. The van der Waals surface area contributed by atoms with Crippen molar-refractivity contribution in [3.8, 4) is 11.5 Å². The van der Waals surface area contributed by atoms with Gasteiger partial charge < -0.3 is 14.8 Å². The summed E-state index contributed by atoms with van der Waals surface area (Å²) in [5.74, 6) is 1.37. The van der Waals surface area contributed by atoms with Crippen molar-refractivity contribution in [2.24, 2.45) is 0 Å². The fraction of sp³-hybridized carbons (Fsp3) is 0.200. The van der Waals surface area contributed by atoms with Crippen molar-refractivity contribution in [2.45, 2.75) is 13.8 Å². The van der Waals surface area contributed by atoms with Gasteiger partial charge in [-0.05, 0) is 74.1 Å². The molecule has 2 aromatic carbocycles. The van der Waals surface area contributed by atoms with Crippen LogP contribution in [0.5, 0.6) is 11.5 Å². The Kier molecular flexibility index (Phi) is 5.53. The van der Waals surface area contributed by atoms with Gasteiger partial charge in [-0.15, -0.1) is 0 Å². The van der Waals surface area contributed by atoms with Crippen LogP contribution in [0.4, 0.5) is 5.69 Å². The van der Waals surface area contributed by atoms with Gasteiger partial charge in [0.1, 0.15) is 17.2 Å². The number of nitrogens with one attached hydrogen (secondary N) is 1. The van der Waals surface area contributed by atoms with Crippen LogP contribution in [0.15, 0.2) is 54.2 Å². The number of ether oxygens (including phenoxy) is 2. The highest BCUT2D eigenvalue weighted by atomic mass is 32.1. The number of nitrogens with zero attached hydrogens (tertiary/aromatic N) is 1. The number of rotatable bonds is 6. The zero-order chi connectivity index (χ0) is 18.5. The summed E-state index contributed by atoms with van der Waals surface area (Å²) >= 11 is 5.33. The number of hydrogen-bond donors (Lipinski definition) is 1. The predicted molar refractivity (Wildman–Crippen MR) is 106 cm³/mol. The zero-order valence-corrected chi connectivity index (χ0v) is 15.5. The van der Waals surface area contributed by atoms with E-state index in [1.54, 1.807) is 6.08 Å². The Hall–Kier alpha value is -2.86. The number of carbonyl (C=O) groups is 1. The topological polar surface area (TPSA) is 50.8 Å². The van der Waals surface area contributed by atoms with E-state index in [2.05, 4.69) is 5.32 Å². The molecule has 1 heterocycles. The minimum atomic E-state index is -0.187. The van der Waals surface area contributed by atoms with Crippen molar-refractivity contribution in [1.82, 2.24) is 5.32 Å². The van der Waals surface area contributed by atoms with Crippen molar-refractivity contribution in [2.75, 3.05) is 18.1 Å². The molecule has 5 nitrogen and oxygen atoms in total. The van der Waals surface area contributed by atoms with Crippen LogP contribution in [0, 0.1) is 0 Å². The molecular formula is C20H20N2O3S. The first-order valence-electron chi connectivity index (χ1n) is 8.45. The fourth-order valence-corrected chi connectivity index (χ4v) is 2.92. The maximum Gasteiger partial charge on any atom is 0.281 e. The minimum absolute atomic E-state index is 0.187. The largest absolute Gasteiger partial charge is 0.494 e. The molecule has 1 amide bonds. The minimum Gasteiger partial charge on any atom is -0.494 e. The first kappa shape index (κ1) is 17.9. The average Bonchev–Trinajstić information content (AvgIpc) is 2.92. The van der Waals surface area contributed by atoms with E-state index in [1.807, 2.05) is 62.4 Å². The van der Waals surface area contributed by atoms with Gasteiger partial charge in [0.25, 0.3) is 5.91 Å². The second-order valence-corrected chi connectivity index (χ2v) is 5.94. The Morgan fingerprint density at radius 2 is 1.50 bits per heavy atom. The van der Waals surface area contributed by atoms with Crippen LogP contribution in [-0.2, 0) is 4.79 Å². The Morgan fingerprint density at radius 3 is 2.04 bits per heavy atom. The molecule has 2 aromatic rings. The van der Waals surface area contributed by atoms with E-state index >= 15 is 0 Å². The molecule has 0 bridgehead atoms. The fourth-order valence-electron chi connectivity index (χ4n) is 2.62. The summed E-state index contributed by atoms with van der Waals surface area (Å²) in [7, 11) is 0. The number of thiocarbonyl (C=S) groups is 1. The summed E-state index contributed by atoms with van der Waals surface area (Å²) in [6, 6.07) is 14.8. The summed E-state index contributed by atoms with van der Waals surface area (Å²) in [5, 5.41) is 3.34. The van der Waals surface area contributed by atoms with E-state index in [0.717, 1.165) is 17.1 Å². The smallest absolute Gasteiger partial charge is 0.281 e. The van der Waals surface area contributed by atoms with Gasteiger partial charge in [-0.2, -0.15) is 0 Å². The molecule has 0 saturated carbocycles. The monoisotopic (exact) mass is 368 g/mol. The Labute approximate surface area is 158 Å². The van der Waals surface area contributed by atoms with Gasteiger partial charge in [-0.1, -0.05) is 12.1 Å². The lowest BCUT2D eigenvalue weighted by atomic mass is 10.2. The highest BCUT2D eigenvalue weighted by Crippen LogP contribution is 2.25. The SMILES string of the molecule is CCOc1ccc(/C=C2\NC(=S)N(c3ccc(OCC)cc3)C2=O)cc1. The van der Waals surface area contributed by atoms with Crippen LogP contribution in [-0.4, -0.2) is 24.2 Å². The molecule has 26 heavy (non-hydrogen) atoms. The van der Waals surface area contributed by atoms with Crippen LogP contribution in [0.2, 0.25) is 0 Å². The van der Waals surface area contributed by atoms with Crippen molar-refractivity contribution in [1.29, 1.82) is 0 Å². The molecule has 1 fully saturated rings. The van der Waals surface area contributed by atoms with Gasteiger partial charge in [0.05, 0.1) is 18.9 Å². The Bertz CT molecular complexity index is 829. The highest BCUT2D eigenvalue weighted by molar-refractivity contribution is 7.80. The quantitative estimate of drug-likeness (QED) is 0.622. The van der Waals surface area contributed by atoms with Gasteiger partial charge in [0.2, 0.25) is 0 Å². The van der Waals surface area contributed by atoms with Gasteiger partial charge in [-0.3, -0.25) is 9.69 Å². The van der Waals surface area contributed by atoms with E-state index < -0.39 is 0 Å². The third-order valence-corrected chi connectivity index (χ3v) is 4.07. The van der Waals surface area contributed by atoms with E-state index in [-0.39, 0.29) is 5.91 Å². The highest BCUT2D eigenvalue weighted by Gasteiger charge is 2.31. The molecule has 0 atom stereocenters. The number of hydrogen-bond acceptors (Lipinski definition) is 4. The maximum absolute atomic E-state index is 12.8. The van der Waals surface area contributed by atoms with E-state index in [0.29, 0.717) is 29.7 Å². The summed E-state index contributed by atoms with van der Waals surface area (Å²) in [6.45, 7) is 5.07. The molecule has 6 heteroatoms. The van der Waals surface area contributed by atoms with Crippen LogP contribution < -0.4 is 19.7 Å². The molecule has 0 aliphatic carbocycles. The number of carbonyl (C=O) groups excluding carboxylic acids is 1. The van der Waals surface area contributed by atoms with Gasteiger partial charge in [0, 0.05) is 0 Å². The second-order valence-electron chi connectivity index (χ2n) is 5.56. The number of amides is 1. The van der Waals surface area contributed by atoms with Gasteiger partial charge in [-0.25, -0.2) is 0 Å². The molecule has 0 unspecified atom stereocenters. The molecule has 0 spiro atoms. The van der Waals surface area contributed by atoms with Crippen molar-refractivity contribution in [3.05, 3.63) is 59.8 Å². The Morgan fingerprint density at radius 1 is 0.962 bits per heavy atom. The third kappa shape index (κ3) is 3.86. The lowest BCUT2D eigenvalue weighted by Crippen LogP contribution is -2.30. The molecule has 134 valence electrons. The summed E-state index contributed by atoms with van der Waals surface area (Å²) in [4.78, 5) is 14.2. The van der Waals surface area contributed by atoms with Crippen LogP contribution in [0.3, 0.4) is 0 Å². The molecule has 3 rings (SSSR count). The number of anilines is 1. The number of benzene rings is 2. The standard InChI is InChI=1S/C20H20N2O3S/c1-3-24-16-9-5-14(6-10-16)13-18-19(23)22(20(26)21-18)15-7-11-17(12-8-15)25-4-2/h5-13H,3-4H2,1-2H3,(H,21,26)/b18-13-. The first-order chi connectivity index (χ1) is 12.6. The van der Waals surface area contributed by atoms with E-state index in [1.165, 1.54) is 4.90 Å². The van der Waals surface area contributed by atoms with Crippen LogP contribution in [0.25, 0.3) is 6.08 Å². The molecular weight excluding hydrogens is 348 g/mol. The molecule has 1 N–H and O–H groups in total. The first-order valence-corrected chi connectivity index (χ1v) is 8.86. The third-order valence-electron chi connectivity index (χ3n) is 3.79. The lowest BCUT2D eigenvalue weighted by molar-refractivity contribution is -0.113. The van der Waals surface area contributed by atoms with Crippen molar-refractivity contribution in [3.63, 3.8) is 0 Å². The van der Waals surface area contributed by atoms with Crippen LogP contribution >= 0.6 is 12.2 Å². The second kappa shape index (κ2) is 8.01.